The molecule has 3 nitrogen and oxygen atoms in total. The van der Waals surface area contributed by atoms with Crippen LogP contribution in [0, 0.1) is 23.2 Å². The highest BCUT2D eigenvalue weighted by Crippen LogP contribution is 2.61. The summed E-state index contributed by atoms with van der Waals surface area (Å²) in [6.45, 7) is 0. The molecule has 4 saturated carbocycles. The molecule has 112 valence electrons. The summed E-state index contributed by atoms with van der Waals surface area (Å²) < 4.78 is 0. The predicted molar refractivity (Wildman–Crippen MR) is 80.1 cm³/mol. The maximum atomic E-state index is 11.3. The van der Waals surface area contributed by atoms with E-state index < -0.39 is 5.97 Å². The predicted octanol–water partition coefficient (Wildman–Crippen LogP) is 3.93. The largest absolute Gasteiger partial charge is 0.478 e. The fourth-order valence-electron chi connectivity index (χ4n) is 5.83. The Bertz CT molecular complexity index is 531. The Morgan fingerprint density at radius 2 is 1.81 bits per heavy atom. The van der Waals surface area contributed by atoms with Crippen LogP contribution in [0.1, 0.15) is 60.9 Å². The molecule has 4 aliphatic rings. The van der Waals surface area contributed by atoms with Gasteiger partial charge in [-0.05, 0) is 86.2 Å². The molecule has 1 aromatic rings. The van der Waals surface area contributed by atoms with Crippen molar-refractivity contribution in [2.75, 3.05) is 0 Å². The van der Waals surface area contributed by atoms with E-state index >= 15 is 0 Å². The topological polar surface area (TPSA) is 50.2 Å². The minimum atomic E-state index is -0.821. The molecule has 5 rings (SSSR count). The summed E-state index contributed by atoms with van der Waals surface area (Å²) in [5.41, 5.74) is 1.87. The van der Waals surface area contributed by atoms with E-state index in [4.69, 9.17) is 0 Å². The van der Waals surface area contributed by atoms with Crippen molar-refractivity contribution >= 4 is 5.97 Å². The number of pyridine rings is 1. The molecule has 4 fully saturated rings. The first-order valence-corrected chi connectivity index (χ1v) is 8.30. The average molecular weight is 285 g/mol. The summed E-state index contributed by atoms with van der Waals surface area (Å²) in [5.74, 6) is 2.06. The first kappa shape index (κ1) is 13.3. The number of nitrogens with zero attached hydrogens (tertiary/aromatic N) is 1. The number of rotatable bonds is 4. The van der Waals surface area contributed by atoms with Gasteiger partial charge in [0, 0.05) is 12.4 Å². The molecule has 0 atom stereocenters. The molecule has 1 aromatic heterocycles. The van der Waals surface area contributed by atoms with Crippen LogP contribution in [-0.4, -0.2) is 16.1 Å². The van der Waals surface area contributed by atoms with E-state index in [2.05, 4.69) is 4.98 Å². The van der Waals surface area contributed by atoms with E-state index in [1.54, 1.807) is 18.5 Å². The first-order chi connectivity index (χ1) is 10.1. The molecule has 0 saturated heterocycles. The third-order valence-corrected chi connectivity index (χ3v) is 6.22. The Kier molecular flexibility index (Phi) is 3.05. The van der Waals surface area contributed by atoms with Crippen molar-refractivity contribution in [2.45, 2.75) is 51.4 Å². The second-order valence-electron chi connectivity index (χ2n) is 7.76. The number of hydrogen-bond donors (Lipinski definition) is 1. The highest BCUT2D eigenvalue weighted by Gasteiger charge is 2.50. The summed E-state index contributed by atoms with van der Waals surface area (Å²) in [4.78, 5) is 15.4. The van der Waals surface area contributed by atoms with Crippen molar-refractivity contribution in [3.05, 3.63) is 29.6 Å². The quantitative estimate of drug-likeness (QED) is 0.912. The Morgan fingerprint density at radius 3 is 2.38 bits per heavy atom. The molecule has 21 heavy (non-hydrogen) atoms. The van der Waals surface area contributed by atoms with Crippen LogP contribution < -0.4 is 0 Å². The highest BCUT2D eigenvalue weighted by atomic mass is 16.4. The number of carboxylic acids is 1. The third-order valence-electron chi connectivity index (χ3n) is 6.22. The fraction of sp³-hybridized carbons (Fsp3) is 0.667. The monoisotopic (exact) mass is 285 g/mol. The van der Waals surface area contributed by atoms with Crippen molar-refractivity contribution in [3.8, 4) is 0 Å². The van der Waals surface area contributed by atoms with E-state index in [-0.39, 0.29) is 0 Å². The number of carboxylic acid groups (broad SMARTS) is 1. The highest BCUT2D eigenvalue weighted by molar-refractivity contribution is 5.89. The molecule has 4 aliphatic carbocycles. The van der Waals surface area contributed by atoms with Gasteiger partial charge >= 0.3 is 5.97 Å². The number of hydrogen-bond acceptors (Lipinski definition) is 2. The van der Waals surface area contributed by atoms with E-state index in [0.29, 0.717) is 11.0 Å². The van der Waals surface area contributed by atoms with Crippen LogP contribution in [0.25, 0.3) is 0 Å². The number of aryl methyl sites for hydroxylation is 1. The van der Waals surface area contributed by atoms with Crippen LogP contribution >= 0.6 is 0 Å². The van der Waals surface area contributed by atoms with E-state index in [1.165, 1.54) is 38.5 Å². The van der Waals surface area contributed by atoms with Crippen LogP contribution in [0.2, 0.25) is 0 Å². The number of aromatic carboxylic acids is 1. The molecule has 1 N–H and O–H groups in total. The number of carbonyl (C=O) groups is 1. The summed E-state index contributed by atoms with van der Waals surface area (Å²) in [6, 6.07) is 1.64. The zero-order chi connectivity index (χ0) is 14.4. The molecule has 0 unspecified atom stereocenters. The van der Waals surface area contributed by atoms with Gasteiger partial charge in [-0.25, -0.2) is 4.79 Å². The second kappa shape index (κ2) is 4.82. The van der Waals surface area contributed by atoms with Crippen molar-refractivity contribution in [1.82, 2.24) is 4.98 Å². The lowest BCUT2D eigenvalue weighted by Crippen LogP contribution is -2.46. The number of aromatic nitrogens is 1. The van der Waals surface area contributed by atoms with Gasteiger partial charge in [-0.1, -0.05) is 0 Å². The van der Waals surface area contributed by atoms with Gasteiger partial charge in [0.2, 0.25) is 0 Å². The molecule has 0 aliphatic heterocycles. The van der Waals surface area contributed by atoms with Crippen molar-refractivity contribution in [1.29, 1.82) is 0 Å². The van der Waals surface area contributed by atoms with Gasteiger partial charge in [-0.15, -0.1) is 0 Å². The van der Waals surface area contributed by atoms with Crippen LogP contribution in [0.3, 0.4) is 0 Å². The Labute approximate surface area is 125 Å². The summed E-state index contributed by atoms with van der Waals surface area (Å²) in [6.07, 6.45) is 13.9. The lowest BCUT2D eigenvalue weighted by atomic mass is 9.48. The lowest BCUT2D eigenvalue weighted by Gasteiger charge is -2.57. The van der Waals surface area contributed by atoms with Crippen molar-refractivity contribution in [2.24, 2.45) is 23.2 Å². The minimum Gasteiger partial charge on any atom is -0.478 e. The third kappa shape index (κ3) is 2.37. The van der Waals surface area contributed by atoms with Crippen LogP contribution in [0.15, 0.2) is 18.5 Å². The molecule has 0 radical (unpaired) electrons. The van der Waals surface area contributed by atoms with Crippen molar-refractivity contribution < 1.29 is 9.90 Å². The first-order valence-electron chi connectivity index (χ1n) is 8.30. The van der Waals surface area contributed by atoms with Gasteiger partial charge in [0.15, 0.2) is 0 Å². The molecule has 1 heterocycles. The molecular weight excluding hydrogens is 262 g/mol. The molecule has 4 bridgehead atoms. The standard InChI is InChI=1S/C18H23NO2/c20-17(21)16-2-4-19-11-15(16)1-3-18-8-12-5-13(9-18)7-14(6-12)10-18/h2,4,11-14H,1,3,5-10H2,(H,20,21). The normalized spacial score (nSPS) is 36.9. The van der Waals surface area contributed by atoms with Gasteiger partial charge in [-0.3, -0.25) is 4.98 Å². The second-order valence-corrected chi connectivity index (χ2v) is 7.76. The van der Waals surface area contributed by atoms with E-state index in [0.717, 1.165) is 36.2 Å². The smallest absolute Gasteiger partial charge is 0.336 e. The zero-order valence-corrected chi connectivity index (χ0v) is 12.4. The fourth-order valence-corrected chi connectivity index (χ4v) is 5.83. The van der Waals surface area contributed by atoms with Gasteiger partial charge in [-0.2, -0.15) is 0 Å². The van der Waals surface area contributed by atoms with Crippen LogP contribution in [0.4, 0.5) is 0 Å². The molecule has 3 heteroatoms. The molecule has 0 aromatic carbocycles. The van der Waals surface area contributed by atoms with E-state index in [1.807, 2.05) is 0 Å². The Balaban J connectivity index is 1.51. The molecule has 0 spiro atoms. The van der Waals surface area contributed by atoms with E-state index in [9.17, 15) is 9.90 Å². The zero-order valence-electron chi connectivity index (χ0n) is 12.4. The maximum absolute atomic E-state index is 11.3. The summed E-state index contributed by atoms with van der Waals surface area (Å²) in [7, 11) is 0. The van der Waals surface area contributed by atoms with Gasteiger partial charge in [0.1, 0.15) is 0 Å². The average Bonchev–Trinajstić information content (AvgIpc) is 2.44. The summed E-state index contributed by atoms with van der Waals surface area (Å²) in [5, 5.41) is 9.30. The summed E-state index contributed by atoms with van der Waals surface area (Å²) >= 11 is 0. The maximum Gasteiger partial charge on any atom is 0.336 e. The van der Waals surface area contributed by atoms with Gasteiger partial charge in [0.05, 0.1) is 5.56 Å². The van der Waals surface area contributed by atoms with Crippen LogP contribution in [-0.2, 0) is 6.42 Å². The van der Waals surface area contributed by atoms with Gasteiger partial charge < -0.3 is 5.11 Å². The molecule has 0 amide bonds. The molecular formula is C18H23NO2. The van der Waals surface area contributed by atoms with Crippen LogP contribution in [0.5, 0.6) is 0 Å². The van der Waals surface area contributed by atoms with Crippen molar-refractivity contribution in [3.63, 3.8) is 0 Å². The Hall–Kier alpha value is -1.38. The van der Waals surface area contributed by atoms with Gasteiger partial charge in [0.25, 0.3) is 0 Å². The Morgan fingerprint density at radius 1 is 1.19 bits per heavy atom. The SMILES string of the molecule is O=C(O)c1ccncc1CCC12CC3CC(CC(C3)C1)C2. The minimum absolute atomic E-state index is 0.440. The lowest BCUT2D eigenvalue weighted by molar-refractivity contribution is -0.0570.